The second-order valence-corrected chi connectivity index (χ2v) is 3.21. The number of alkyl halides is 3. The van der Waals surface area contributed by atoms with Crippen molar-refractivity contribution in [2.75, 3.05) is 0 Å². The molecule has 0 saturated heterocycles. The molecule has 0 radical (unpaired) electrons. The van der Waals surface area contributed by atoms with Crippen LogP contribution in [0.4, 0.5) is 14.5 Å². The van der Waals surface area contributed by atoms with Crippen LogP contribution < -0.4 is 4.74 Å². The van der Waals surface area contributed by atoms with Gasteiger partial charge in [0, 0.05) is 17.7 Å². The number of rotatable bonds is 3. The van der Waals surface area contributed by atoms with Crippen molar-refractivity contribution in [1.29, 1.82) is 0 Å². The Kier molecular flexibility index (Phi) is 3.63. The predicted octanol–water partition coefficient (Wildman–Crippen LogP) is 3.48. The van der Waals surface area contributed by atoms with Gasteiger partial charge in [0.15, 0.2) is 0 Å². The van der Waals surface area contributed by atoms with Crippen LogP contribution in [-0.4, -0.2) is 11.6 Å². The lowest BCUT2D eigenvalue weighted by Gasteiger charge is -2.11. The first-order chi connectivity index (χ1) is 6.92. The van der Waals surface area contributed by atoms with Crippen LogP contribution in [0.3, 0.4) is 0 Å². The summed E-state index contributed by atoms with van der Waals surface area (Å²) < 4.78 is 28.6. The van der Waals surface area contributed by atoms with E-state index in [4.69, 9.17) is 11.6 Å². The second-order valence-electron chi connectivity index (χ2n) is 2.37. The molecule has 0 N–H and O–H groups in total. The Morgan fingerprint density at radius 1 is 1.47 bits per heavy atom. The van der Waals surface area contributed by atoms with Gasteiger partial charge in [-0.25, -0.2) is 4.79 Å². The van der Waals surface area contributed by atoms with Crippen molar-refractivity contribution in [3.63, 3.8) is 0 Å². The second kappa shape index (κ2) is 4.57. The molecule has 3 nitrogen and oxygen atoms in total. The van der Waals surface area contributed by atoms with E-state index >= 15 is 0 Å². The highest BCUT2D eigenvalue weighted by atomic mass is 35.5. The molecule has 0 spiro atoms. The van der Waals surface area contributed by atoms with Gasteiger partial charge in [0.25, 0.3) is 0 Å². The first-order valence-corrected chi connectivity index (χ1v) is 4.31. The normalized spacial score (nSPS) is 10.7. The van der Waals surface area contributed by atoms with Crippen molar-refractivity contribution in [1.82, 2.24) is 0 Å². The minimum absolute atomic E-state index is 0.0693. The molecule has 7 heteroatoms. The SMILES string of the molecule is O=C=Nc1ccc(Cl)c(OC(F)(F)Cl)c1. The zero-order valence-corrected chi connectivity index (χ0v) is 8.52. The van der Waals surface area contributed by atoms with Crippen LogP contribution in [0.15, 0.2) is 23.2 Å². The van der Waals surface area contributed by atoms with Gasteiger partial charge in [0.1, 0.15) is 5.75 Å². The van der Waals surface area contributed by atoms with Gasteiger partial charge in [0.05, 0.1) is 10.7 Å². The Labute approximate surface area is 93.3 Å². The van der Waals surface area contributed by atoms with Crippen LogP contribution in [0.5, 0.6) is 5.75 Å². The molecule has 0 aromatic heterocycles. The van der Waals surface area contributed by atoms with Crippen LogP contribution >= 0.6 is 23.2 Å². The maximum Gasteiger partial charge on any atom is 0.487 e. The highest BCUT2D eigenvalue weighted by Gasteiger charge is 2.28. The molecule has 0 fully saturated rings. The zero-order chi connectivity index (χ0) is 11.5. The molecule has 0 aliphatic carbocycles. The van der Waals surface area contributed by atoms with Crippen molar-refractivity contribution in [2.24, 2.45) is 4.99 Å². The number of hydrogen-bond donors (Lipinski definition) is 0. The van der Waals surface area contributed by atoms with E-state index in [2.05, 4.69) is 21.3 Å². The summed E-state index contributed by atoms with van der Waals surface area (Å²) in [5, 5.41) is -0.0693. The molecule has 80 valence electrons. The standard InChI is InChI=1S/C8H3Cl2F2NO2/c9-6-2-1-5(13-4-14)3-7(6)15-8(10,11)12/h1-3H. The van der Waals surface area contributed by atoms with Crippen LogP contribution in [0.2, 0.25) is 5.02 Å². The summed E-state index contributed by atoms with van der Waals surface area (Å²) in [7, 11) is 0. The summed E-state index contributed by atoms with van der Waals surface area (Å²) >= 11 is 10.1. The van der Waals surface area contributed by atoms with E-state index < -0.39 is 5.57 Å². The molecule has 0 unspecified atom stereocenters. The van der Waals surface area contributed by atoms with E-state index in [1.165, 1.54) is 18.2 Å². The molecule has 0 aliphatic rings. The highest BCUT2D eigenvalue weighted by Crippen LogP contribution is 2.33. The first kappa shape index (κ1) is 11.9. The van der Waals surface area contributed by atoms with Crippen LogP contribution in [0.1, 0.15) is 0 Å². The summed E-state index contributed by atoms with van der Waals surface area (Å²) in [5.74, 6) is -0.367. The fourth-order valence-corrected chi connectivity index (χ4v) is 1.06. The number of nitrogens with zero attached hydrogens (tertiary/aromatic N) is 1. The van der Waals surface area contributed by atoms with Crippen molar-refractivity contribution < 1.29 is 18.3 Å². The number of aliphatic imine (C=N–C) groups is 1. The smallest absolute Gasteiger partial charge is 0.418 e. The topological polar surface area (TPSA) is 38.7 Å². The molecule has 15 heavy (non-hydrogen) atoms. The third kappa shape index (κ3) is 3.83. The number of halogens is 4. The van der Waals surface area contributed by atoms with Crippen molar-refractivity contribution in [3.8, 4) is 5.75 Å². The lowest BCUT2D eigenvalue weighted by Crippen LogP contribution is -2.15. The Morgan fingerprint density at radius 2 is 2.13 bits per heavy atom. The highest BCUT2D eigenvalue weighted by molar-refractivity contribution is 6.32. The van der Waals surface area contributed by atoms with Gasteiger partial charge in [0.2, 0.25) is 6.08 Å². The minimum atomic E-state index is -3.87. The number of hydrogen-bond acceptors (Lipinski definition) is 3. The average Bonchev–Trinajstić information content (AvgIpc) is 2.09. The Hall–Kier alpha value is -1.16. The molecular formula is C8H3Cl2F2NO2. The number of ether oxygens (including phenoxy) is 1. The maximum absolute atomic E-state index is 12.3. The van der Waals surface area contributed by atoms with Gasteiger partial charge < -0.3 is 4.74 Å². The van der Waals surface area contributed by atoms with E-state index in [1.54, 1.807) is 0 Å². The van der Waals surface area contributed by atoms with E-state index in [9.17, 15) is 13.6 Å². The lowest BCUT2D eigenvalue weighted by atomic mass is 10.3. The molecule has 0 heterocycles. The van der Waals surface area contributed by atoms with Gasteiger partial charge >= 0.3 is 5.57 Å². The number of benzene rings is 1. The fraction of sp³-hybridized carbons (Fsp3) is 0.125. The molecule has 0 saturated carbocycles. The third-order valence-corrected chi connectivity index (χ3v) is 1.70. The predicted molar refractivity (Wildman–Crippen MR) is 50.7 cm³/mol. The molecule has 0 aliphatic heterocycles. The quantitative estimate of drug-likeness (QED) is 0.470. The number of carbonyl (C=O) groups excluding carboxylic acids is 1. The Bertz CT molecular complexity index is 414. The van der Waals surface area contributed by atoms with Gasteiger partial charge in [-0.05, 0) is 12.1 Å². The zero-order valence-electron chi connectivity index (χ0n) is 7.01. The van der Waals surface area contributed by atoms with Crippen LogP contribution in [-0.2, 0) is 4.79 Å². The summed E-state index contributed by atoms with van der Waals surface area (Å²) in [6.07, 6.45) is 1.25. The average molecular weight is 254 g/mol. The van der Waals surface area contributed by atoms with E-state index in [0.29, 0.717) is 0 Å². The van der Waals surface area contributed by atoms with E-state index in [1.807, 2.05) is 0 Å². The summed E-state index contributed by atoms with van der Waals surface area (Å²) in [6, 6.07) is 3.63. The monoisotopic (exact) mass is 253 g/mol. The van der Waals surface area contributed by atoms with Crippen molar-refractivity contribution in [2.45, 2.75) is 5.57 Å². The molecule has 0 bridgehead atoms. The molecule has 1 aromatic carbocycles. The molecular weight excluding hydrogens is 251 g/mol. The van der Waals surface area contributed by atoms with Crippen LogP contribution in [0, 0.1) is 0 Å². The summed E-state index contributed by atoms with van der Waals surface area (Å²) in [6.45, 7) is 0. The van der Waals surface area contributed by atoms with Crippen molar-refractivity contribution in [3.05, 3.63) is 23.2 Å². The van der Waals surface area contributed by atoms with Gasteiger partial charge in [-0.1, -0.05) is 11.6 Å². The minimum Gasteiger partial charge on any atom is -0.418 e. The molecule has 0 amide bonds. The lowest BCUT2D eigenvalue weighted by molar-refractivity contribution is -0.0963. The van der Waals surface area contributed by atoms with Gasteiger partial charge in [-0.2, -0.15) is 4.99 Å². The Morgan fingerprint density at radius 3 is 2.67 bits per heavy atom. The number of isocyanates is 1. The molecule has 1 rings (SSSR count). The fourth-order valence-electron chi connectivity index (χ4n) is 0.817. The van der Waals surface area contributed by atoms with Crippen LogP contribution in [0.25, 0.3) is 0 Å². The first-order valence-electron chi connectivity index (χ1n) is 3.55. The van der Waals surface area contributed by atoms with E-state index in [0.717, 1.165) is 6.07 Å². The van der Waals surface area contributed by atoms with Gasteiger partial charge in [-0.3, -0.25) is 0 Å². The largest absolute Gasteiger partial charge is 0.487 e. The molecule has 1 aromatic rings. The van der Waals surface area contributed by atoms with Crippen molar-refractivity contribution >= 4 is 35.0 Å². The maximum atomic E-state index is 12.3. The Balaban J connectivity index is 3.05. The van der Waals surface area contributed by atoms with Gasteiger partial charge in [-0.15, -0.1) is 8.78 Å². The summed E-state index contributed by atoms with van der Waals surface area (Å²) in [5.41, 5.74) is -3.78. The third-order valence-electron chi connectivity index (χ3n) is 1.32. The molecule has 0 atom stereocenters. The summed E-state index contributed by atoms with van der Waals surface area (Å²) in [4.78, 5) is 13.1. The van der Waals surface area contributed by atoms with E-state index in [-0.39, 0.29) is 16.5 Å².